The summed E-state index contributed by atoms with van der Waals surface area (Å²) >= 11 is 0. The molecule has 1 N–H and O–H groups in total. The first-order chi connectivity index (χ1) is 7.54. The summed E-state index contributed by atoms with van der Waals surface area (Å²) in [5.41, 5.74) is -0.0584. The quantitative estimate of drug-likeness (QED) is 0.792. The van der Waals surface area contributed by atoms with Gasteiger partial charge in [0, 0.05) is 20.7 Å². The Hall–Kier alpha value is -1.69. The van der Waals surface area contributed by atoms with Crippen molar-refractivity contribution in [2.45, 2.75) is 13.0 Å². The molecule has 0 aliphatic heterocycles. The lowest BCUT2D eigenvalue weighted by molar-refractivity contribution is 0.0690. The van der Waals surface area contributed by atoms with E-state index < -0.39 is 5.97 Å². The zero-order chi connectivity index (χ0) is 12.1. The van der Waals surface area contributed by atoms with Crippen molar-refractivity contribution in [1.82, 2.24) is 9.97 Å². The van der Waals surface area contributed by atoms with Gasteiger partial charge in [-0.15, -0.1) is 0 Å². The third-order valence-electron chi connectivity index (χ3n) is 2.18. The lowest BCUT2D eigenvalue weighted by atomic mass is 10.3. The van der Waals surface area contributed by atoms with Crippen LogP contribution in [0.3, 0.4) is 0 Å². The molecule has 0 aliphatic rings. The van der Waals surface area contributed by atoms with Gasteiger partial charge in [-0.05, 0) is 6.92 Å². The lowest BCUT2D eigenvalue weighted by Gasteiger charge is -2.21. The molecule has 1 unspecified atom stereocenters. The smallest absolute Gasteiger partial charge is 0.356 e. The van der Waals surface area contributed by atoms with E-state index in [0.29, 0.717) is 12.4 Å². The first-order valence-corrected chi connectivity index (χ1v) is 4.84. The molecular formula is C10H15N3O3. The highest BCUT2D eigenvalue weighted by atomic mass is 16.5. The van der Waals surface area contributed by atoms with Gasteiger partial charge >= 0.3 is 5.97 Å². The van der Waals surface area contributed by atoms with Crippen LogP contribution < -0.4 is 4.90 Å². The van der Waals surface area contributed by atoms with Crippen LogP contribution in [-0.2, 0) is 4.74 Å². The van der Waals surface area contributed by atoms with Crippen LogP contribution in [0.2, 0.25) is 0 Å². The number of carboxylic acids is 1. The number of anilines is 1. The minimum absolute atomic E-state index is 0.0584. The zero-order valence-corrected chi connectivity index (χ0v) is 9.54. The normalized spacial score (nSPS) is 12.2. The van der Waals surface area contributed by atoms with Crippen molar-refractivity contribution in [2.24, 2.45) is 0 Å². The Kier molecular flexibility index (Phi) is 4.19. The van der Waals surface area contributed by atoms with E-state index in [2.05, 4.69) is 9.97 Å². The van der Waals surface area contributed by atoms with Gasteiger partial charge in [-0.25, -0.2) is 14.8 Å². The number of hydrogen-bond donors (Lipinski definition) is 1. The highest BCUT2D eigenvalue weighted by Gasteiger charge is 2.09. The second-order valence-corrected chi connectivity index (χ2v) is 3.49. The largest absolute Gasteiger partial charge is 0.476 e. The number of rotatable bonds is 5. The number of likely N-dealkylation sites (N-methyl/N-ethyl adjacent to an activating group) is 1. The standard InChI is InChI=1S/C10H15N3O3/c1-7(16-3)6-13(2)9-5-11-8(4-12-9)10(14)15/h4-5,7H,6H2,1-3H3,(H,14,15). The Morgan fingerprint density at radius 3 is 2.69 bits per heavy atom. The number of methoxy groups -OCH3 is 1. The minimum atomic E-state index is -1.08. The number of aromatic carboxylic acids is 1. The van der Waals surface area contributed by atoms with Crippen LogP contribution in [0.1, 0.15) is 17.4 Å². The van der Waals surface area contributed by atoms with Gasteiger partial charge in [0.05, 0.1) is 18.5 Å². The van der Waals surface area contributed by atoms with Crippen molar-refractivity contribution < 1.29 is 14.6 Å². The van der Waals surface area contributed by atoms with E-state index in [0.717, 1.165) is 0 Å². The third kappa shape index (κ3) is 3.16. The van der Waals surface area contributed by atoms with E-state index in [4.69, 9.17) is 9.84 Å². The van der Waals surface area contributed by atoms with Gasteiger partial charge in [-0.3, -0.25) is 0 Å². The van der Waals surface area contributed by atoms with E-state index in [1.807, 2.05) is 18.9 Å². The van der Waals surface area contributed by atoms with E-state index >= 15 is 0 Å². The SMILES string of the molecule is COC(C)CN(C)c1cnc(C(=O)O)cn1. The predicted molar refractivity (Wildman–Crippen MR) is 58.7 cm³/mol. The fourth-order valence-corrected chi connectivity index (χ4v) is 1.18. The molecule has 16 heavy (non-hydrogen) atoms. The van der Waals surface area contributed by atoms with Gasteiger partial charge in [0.25, 0.3) is 0 Å². The molecule has 0 amide bonds. The molecule has 0 bridgehead atoms. The number of aromatic nitrogens is 2. The summed E-state index contributed by atoms with van der Waals surface area (Å²) in [6.45, 7) is 2.60. The first-order valence-electron chi connectivity index (χ1n) is 4.84. The van der Waals surface area contributed by atoms with Crippen LogP contribution in [0.4, 0.5) is 5.82 Å². The summed E-state index contributed by atoms with van der Waals surface area (Å²) in [6.07, 6.45) is 2.75. The third-order valence-corrected chi connectivity index (χ3v) is 2.18. The summed E-state index contributed by atoms with van der Waals surface area (Å²) in [4.78, 5) is 20.2. The molecule has 1 rings (SSSR count). The first kappa shape index (κ1) is 12.4. The summed E-state index contributed by atoms with van der Waals surface area (Å²) in [5.74, 6) is -0.458. The Labute approximate surface area is 93.9 Å². The topological polar surface area (TPSA) is 75.5 Å². The summed E-state index contributed by atoms with van der Waals surface area (Å²) < 4.78 is 5.12. The van der Waals surface area contributed by atoms with Crippen LogP contribution in [-0.4, -0.2) is 47.8 Å². The van der Waals surface area contributed by atoms with Crippen LogP contribution in [0.25, 0.3) is 0 Å². The molecule has 88 valence electrons. The summed E-state index contributed by atoms with van der Waals surface area (Å²) in [6, 6.07) is 0. The van der Waals surface area contributed by atoms with Crippen LogP contribution in [0, 0.1) is 0 Å². The fraction of sp³-hybridized carbons (Fsp3) is 0.500. The zero-order valence-electron chi connectivity index (χ0n) is 9.54. The Morgan fingerprint density at radius 1 is 1.56 bits per heavy atom. The second kappa shape index (κ2) is 5.41. The molecular weight excluding hydrogens is 210 g/mol. The number of carbonyl (C=O) groups is 1. The molecule has 1 atom stereocenters. The molecule has 0 radical (unpaired) electrons. The highest BCUT2D eigenvalue weighted by Crippen LogP contribution is 2.07. The fourth-order valence-electron chi connectivity index (χ4n) is 1.18. The maximum absolute atomic E-state index is 10.6. The monoisotopic (exact) mass is 225 g/mol. The maximum Gasteiger partial charge on any atom is 0.356 e. The van der Waals surface area contributed by atoms with Gasteiger partial charge in [0.2, 0.25) is 0 Å². The van der Waals surface area contributed by atoms with Gasteiger partial charge in [-0.2, -0.15) is 0 Å². The van der Waals surface area contributed by atoms with E-state index in [1.165, 1.54) is 12.4 Å². The van der Waals surface area contributed by atoms with Crippen LogP contribution in [0.5, 0.6) is 0 Å². The highest BCUT2D eigenvalue weighted by molar-refractivity contribution is 5.84. The summed E-state index contributed by atoms with van der Waals surface area (Å²) in [7, 11) is 3.48. The van der Waals surface area contributed by atoms with E-state index in [-0.39, 0.29) is 11.8 Å². The molecule has 0 saturated heterocycles. The van der Waals surface area contributed by atoms with Crippen molar-refractivity contribution in [1.29, 1.82) is 0 Å². The molecule has 0 fully saturated rings. The summed E-state index contributed by atoms with van der Waals surface area (Å²) in [5, 5.41) is 8.66. The van der Waals surface area contributed by atoms with Gasteiger partial charge in [-0.1, -0.05) is 0 Å². The molecule has 0 saturated carbocycles. The molecule has 6 nitrogen and oxygen atoms in total. The molecule has 0 aromatic carbocycles. The van der Waals surface area contributed by atoms with Crippen molar-refractivity contribution in [2.75, 3.05) is 25.6 Å². The number of ether oxygens (including phenoxy) is 1. The average Bonchev–Trinajstić information content (AvgIpc) is 2.28. The van der Waals surface area contributed by atoms with Crippen molar-refractivity contribution in [3.05, 3.63) is 18.1 Å². The number of hydrogen-bond acceptors (Lipinski definition) is 5. The Bertz CT molecular complexity index is 353. The predicted octanol–water partition coefficient (Wildman–Crippen LogP) is 0.646. The lowest BCUT2D eigenvalue weighted by Crippen LogP contribution is -2.29. The molecule has 6 heteroatoms. The molecule has 0 spiro atoms. The van der Waals surface area contributed by atoms with Crippen molar-refractivity contribution in [3.63, 3.8) is 0 Å². The molecule has 1 aromatic rings. The van der Waals surface area contributed by atoms with E-state index in [1.54, 1.807) is 7.11 Å². The van der Waals surface area contributed by atoms with Gasteiger partial charge in [0.15, 0.2) is 5.69 Å². The molecule has 1 heterocycles. The van der Waals surface area contributed by atoms with Crippen molar-refractivity contribution >= 4 is 11.8 Å². The van der Waals surface area contributed by atoms with Gasteiger partial charge in [0.1, 0.15) is 5.82 Å². The molecule has 1 aromatic heterocycles. The van der Waals surface area contributed by atoms with Crippen molar-refractivity contribution in [3.8, 4) is 0 Å². The van der Waals surface area contributed by atoms with Gasteiger partial charge < -0.3 is 14.7 Å². The minimum Gasteiger partial charge on any atom is -0.476 e. The van der Waals surface area contributed by atoms with Crippen LogP contribution >= 0.6 is 0 Å². The number of nitrogens with zero attached hydrogens (tertiary/aromatic N) is 3. The number of carboxylic acid groups (broad SMARTS) is 1. The van der Waals surface area contributed by atoms with E-state index in [9.17, 15) is 4.79 Å². The second-order valence-electron chi connectivity index (χ2n) is 3.49. The maximum atomic E-state index is 10.6. The Balaban J connectivity index is 2.70. The average molecular weight is 225 g/mol. The Morgan fingerprint density at radius 2 is 2.25 bits per heavy atom. The van der Waals surface area contributed by atoms with Crippen LogP contribution in [0.15, 0.2) is 12.4 Å². The molecule has 0 aliphatic carbocycles.